The molecule has 2 aromatic rings. The van der Waals surface area contributed by atoms with Crippen molar-refractivity contribution in [3.05, 3.63) is 54.1 Å². The number of hydrogen-bond donors (Lipinski definition) is 1. The highest BCUT2D eigenvalue weighted by Gasteiger charge is 2.33. The van der Waals surface area contributed by atoms with Gasteiger partial charge in [-0.3, -0.25) is 14.5 Å². The summed E-state index contributed by atoms with van der Waals surface area (Å²) in [4.78, 5) is 29.6. The molecule has 4 rings (SSSR count). The number of nitrogens with zero attached hydrogens (tertiary/aromatic N) is 2. The molecule has 2 heterocycles. The van der Waals surface area contributed by atoms with Gasteiger partial charge in [0.25, 0.3) is 0 Å². The molecule has 1 N–H and O–H groups in total. The minimum absolute atomic E-state index is 0.0295. The number of hydrogen-bond acceptors (Lipinski definition) is 4. The first-order valence-corrected chi connectivity index (χ1v) is 10.2. The number of methoxy groups -OCH3 is 1. The van der Waals surface area contributed by atoms with Gasteiger partial charge in [-0.05, 0) is 56.1 Å². The van der Waals surface area contributed by atoms with E-state index in [9.17, 15) is 9.59 Å². The van der Waals surface area contributed by atoms with Gasteiger partial charge in [-0.2, -0.15) is 0 Å². The van der Waals surface area contributed by atoms with E-state index in [-0.39, 0.29) is 23.9 Å². The van der Waals surface area contributed by atoms with Crippen molar-refractivity contribution in [2.45, 2.75) is 38.3 Å². The van der Waals surface area contributed by atoms with Gasteiger partial charge in [0.15, 0.2) is 0 Å². The monoisotopic (exact) mass is 393 g/mol. The van der Waals surface area contributed by atoms with Crippen LogP contribution >= 0.6 is 0 Å². The van der Waals surface area contributed by atoms with Crippen LogP contribution < -0.4 is 15.0 Å². The van der Waals surface area contributed by atoms with E-state index in [0.717, 1.165) is 30.8 Å². The van der Waals surface area contributed by atoms with E-state index in [0.29, 0.717) is 18.7 Å². The van der Waals surface area contributed by atoms with E-state index >= 15 is 0 Å². The molecule has 2 aliphatic rings. The summed E-state index contributed by atoms with van der Waals surface area (Å²) in [5.74, 6) is 0.806. The molecule has 6 nitrogen and oxygen atoms in total. The summed E-state index contributed by atoms with van der Waals surface area (Å²) < 4.78 is 5.26. The minimum atomic E-state index is -0.187. The molecule has 0 radical (unpaired) electrons. The minimum Gasteiger partial charge on any atom is -0.497 e. The number of amides is 2. The highest BCUT2D eigenvalue weighted by Crippen LogP contribution is 2.35. The van der Waals surface area contributed by atoms with E-state index in [1.165, 1.54) is 5.56 Å². The molecule has 0 saturated carbocycles. The number of anilines is 2. The zero-order valence-electron chi connectivity index (χ0n) is 16.9. The molecule has 2 aromatic carbocycles. The molecule has 0 spiro atoms. The second kappa shape index (κ2) is 8.25. The first kappa shape index (κ1) is 19.5. The van der Waals surface area contributed by atoms with E-state index in [4.69, 9.17) is 4.74 Å². The summed E-state index contributed by atoms with van der Waals surface area (Å²) in [6, 6.07) is 15.7. The van der Waals surface area contributed by atoms with Gasteiger partial charge < -0.3 is 15.0 Å². The number of benzene rings is 2. The number of carbonyl (C=O) groups excluding carboxylic acids is 2. The highest BCUT2D eigenvalue weighted by molar-refractivity contribution is 6.04. The number of nitrogens with one attached hydrogen (secondary N) is 1. The van der Waals surface area contributed by atoms with Crippen molar-refractivity contribution in [3.63, 3.8) is 0 Å². The molecule has 0 aromatic heterocycles. The predicted molar refractivity (Wildman–Crippen MR) is 113 cm³/mol. The SMILES string of the molecule is COc1ccc([C@@H]2CCCN2CC(=O)N2c3ccccc3NC(=O)C[C@H]2C)cc1. The lowest BCUT2D eigenvalue weighted by atomic mass is 10.0. The van der Waals surface area contributed by atoms with Crippen molar-refractivity contribution in [1.29, 1.82) is 0 Å². The van der Waals surface area contributed by atoms with Crippen molar-refractivity contribution in [2.24, 2.45) is 0 Å². The zero-order valence-corrected chi connectivity index (χ0v) is 16.9. The maximum absolute atomic E-state index is 13.4. The molecular formula is C23H27N3O3. The third kappa shape index (κ3) is 3.98. The van der Waals surface area contributed by atoms with Crippen molar-refractivity contribution >= 4 is 23.2 Å². The van der Waals surface area contributed by atoms with Gasteiger partial charge in [0.2, 0.25) is 11.8 Å². The maximum Gasteiger partial charge on any atom is 0.241 e. The Morgan fingerprint density at radius 1 is 1.17 bits per heavy atom. The quantitative estimate of drug-likeness (QED) is 0.862. The predicted octanol–water partition coefficient (Wildman–Crippen LogP) is 3.60. The maximum atomic E-state index is 13.4. The summed E-state index contributed by atoms with van der Waals surface area (Å²) in [7, 11) is 1.66. The van der Waals surface area contributed by atoms with Crippen LogP contribution in [-0.4, -0.2) is 43.0 Å². The van der Waals surface area contributed by atoms with Gasteiger partial charge in [-0.15, -0.1) is 0 Å². The Morgan fingerprint density at radius 3 is 2.69 bits per heavy atom. The van der Waals surface area contributed by atoms with Crippen LogP contribution in [-0.2, 0) is 9.59 Å². The molecule has 2 aliphatic heterocycles. The van der Waals surface area contributed by atoms with Gasteiger partial charge in [0.1, 0.15) is 5.75 Å². The zero-order chi connectivity index (χ0) is 20.4. The second-order valence-corrected chi connectivity index (χ2v) is 7.78. The van der Waals surface area contributed by atoms with Gasteiger partial charge in [-0.1, -0.05) is 24.3 Å². The lowest BCUT2D eigenvalue weighted by molar-refractivity contribution is -0.120. The van der Waals surface area contributed by atoms with E-state index in [1.54, 1.807) is 12.0 Å². The van der Waals surface area contributed by atoms with Crippen LogP contribution in [0.15, 0.2) is 48.5 Å². The number of fused-ring (bicyclic) bond motifs is 1. The van der Waals surface area contributed by atoms with Gasteiger partial charge >= 0.3 is 0 Å². The van der Waals surface area contributed by atoms with Crippen molar-refractivity contribution in [2.75, 3.05) is 30.4 Å². The summed E-state index contributed by atoms with van der Waals surface area (Å²) in [6.45, 7) is 3.16. The molecule has 1 fully saturated rings. The van der Waals surface area contributed by atoms with Crippen LogP contribution in [0.1, 0.15) is 37.8 Å². The summed E-state index contributed by atoms with van der Waals surface area (Å²) in [6.07, 6.45) is 2.39. The van der Waals surface area contributed by atoms with Gasteiger partial charge in [0, 0.05) is 18.5 Å². The fourth-order valence-corrected chi connectivity index (χ4v) is 4.44. The average Bonchev–Trinajstić information content (AvgIpc) is 3.12. The Labute approximate surface area is 171 Å². The van der Waals surface area contributed by atoms with E-state index < -0.39 is 0 Å². The number of rotatable bonds is 4. The van der Waals surface area contributed by atoms with Crippen LogP contribution in [0.25, 0.3) is 0 Å². The fourth-order valence-electron chi connectivity index (χ4n) is 4.44. The number of carbonyl (C=O) groups is 2. The largest absolute Gasteiger partial charge is 0.497 e. The molecule has 6 heteroatoms. The molecule has 1 saturated heterocycles. The third-order valence-corrected chi connectivity index (χ3v) is 5.83. The first-order chi connectivity index (χ1) is 14.1. The molecule has 0 bridgehead atoms. The number of ether oxygens (including phenoxy) is 1. The van der Waals surface area contributed by atoms with Crippen LogP contribution in [0.4, 0.5) is 11.4 Å². The lowest BCUT2D eigenvalue weighted by Crippen LogP contribution is -2.45. The Balaban J connectivity index is 1.55. The lowest BCUT2D eigenvalue weighted by Gasteiger charge is -2.31. The third-order valence-electron chi connectivity index (χ3n) is 5.83. The molecule has 2 amide bonds. The van der Waals surface area contributed by atoms with Crippen molar-refractivity contribution in [3.8, 4) is 5.75 Å². The summed E-state index contributed by atoms with van der Waals surface area (Å²) >= 11 is 0. The van der Waals surface area contributed by atoms with Crippen LogP contribution in [0.2, 0.25) is 0 Å². The molecule has 0 unspecified atom stereocenters. The first-order valence-electron chi connectivity index (χ1n) is 10.2. The Morgan fingerprint density at radius 2 is 1.93 bits per heavy atom. The second-order valence-electron chi connectivity index (χ2n) is 7.78. The van der Waals surface area contributed by atoms with Crippen LogP contribution in [0.3, 0.4) is 0 Å². The normalized spacial score (nSPS) is 22.0. The summed E-state index contributed by atoms with van der Waals surface area (Å²) in [5.41, 5.74) is 2.68. The Kier molecular flexibility index (Phi) is 5.53. The van der Waals surface area contributed by atoms with Crippen LogP contribution in [0, 0.1) is 0 Å². The topological polar surface area (TPSA) is 61.9 Å². The van der Waals surface area contributed by atoms with Crippen molar-refractivity contribution in [1.82, 2.24) is 4.90 Å². The molecule has 152 valence electrons. The van der Waals surface area contributed by atoms with E-state index in [1.807, 2.05) is 43.3 Å². The standard InChI is InChI=1S/C23H27N3O3/c1-16-14-22(27)24-19-6-3-4-7-21(19)26(16)23(28)15-25-13-5-8-20(25)17-9-11-18(29-2)12-10-17/h3-4,6-7,9-12,16,20H,5,8,13-15H2,1-2H3,(H,24,27)/t16-,20+/m1/s1. The fraction of sp³-hybridized carbons (Fsp3) is 0.391. The van der Waals surface area contributed by atoms with E-state index in [2.05, 4.69) is 22.3 Å². The molecule has 0 aliphatic carbocycles. The number of likely N-dealkylation sites (tertiary alicyclic amines) is 1. The molecular weight excluding hydrogens is 366 g/mol. The summed E-state index contributed by atoms with van der Waals surface area (Å²) in [5, 5.41) is 2.92. The van der Waals surface area contributed by atoms with Gasteiger partial charge in [-0.25, -0.2) is 0 Å². The van der Waals surface area contributed by atoms with Crippen LogP contribution in [0.5, 0.6) is 5.75 Å². The smallest absolute Gasteiger partial charge is 0.241 e. The molecule has 2 atom stereocenters. The van der Waals surface area contributed by atoms with Crippen molar-refractivity contribution < 1.29 is 14.3 Å². The number of para-hydroxylation sites is 2. The average molecular weight is 393 g/mol. The highest BCUT2D eigenvalue weighted by atomic mass is 16.5. The Bertz CT molecular complexity index is 896. The van der Waals surface area contributed by atoms with Gasteiger partial charge in [0.05, 0.1) is 25.0 Å². The Hall–Kier alpha value is -2.86. The molecule has 29 heavy (non-hydrogen) atoms.